The first-order chi connectivity index (χ1) is 11.0. The third-order valence-electron chi connectivity index (χ3n) is 4.50. The van der Waals surface area contributed by atoms with Crippen molar-refractivity contribution in [3.05, 3.63) is 36.1 Å². The molecule has 0 radical (unpaired) electrons. The Hall–Kier alpha value is -2.37. The van der Waals surface area contributed by atoms with Gasteiger partial charge in [0, 0.05) is 43.2 Å². The summed E-state index contributed by atoms with van der Waals surface area (Å²) in [7, 11) is 0. The third-order valence-corrected chi connectivity index (χ3v) is 4.50. The Kier molecular flexibility index (Phi) is 4.07. The van der Waals surface area contributed by atoms with Crippen LogP contribution in [0.1, 0.15) is 36.5 Å². The van der Waals surface area contributed by atoms with Gasteiger partial charge in [0.2, 0.25) is 5.91 Å². The van der Waals surface area contributed by atoms with E-state index >= 15 is 0 Å². The van der Waals surface area contributed by atoms with E-state index in [4.69, 9.17) is 0 Å². The Morgan fingerprint density at radius 3 is 2.91 bits per heavy atom. The Labute approximate surface area is 136 Å². The fourth-order valence-corrected chi connectivity index (χ4v) is 3.35. The summed E-state index contributed by atoms with van der Waals surface area (Å²) in [6, 6.07) is 0. The van der Waals surface area contributed by atoms with Gasteiger partial charge in [-0.25, -0.2) is 4.98 Å². The van der Waals surface area contributed by atoms with E-state index in [1.54, 1.807) is 6.08 Å². The van der Waals surface area contributed by atoms with Crippen LogP contribution in [0.25, 0.3) is 11.3 Å². The van der Waals surface area contributed by atoms with Crippen LogP contribution in [0, 0.1) is 13.8 Å². The number of likely N-dealkylation sites (tertiary alicyclic amines) is 1. The number of nitrogens with one attached hydrogen (secondary N) is 1. The molecule has 2 aromatic heterocycles. The van der Waals surface area contributed by atoms with Crippen molar-refractivity contribution in [2.24, 2.45) is 0 Å². The molecule has 0 saturated carbocycles. The quantitative estimate of drug-likeness (QED) is 0.862. The van der Waals surface area contributed by atoms with Gasteiger partial charge in [0.1, 0.15) is 5.82 Å². The van der Waals surface area contributed by atoms with Crippen LogP contribution < -0.4 is 0 Å². The smallest absolute Gasteiger partial charge is 0.223 e. The summed E-state index contributed by atoms with van der Waals surface area (Å²) in [6.45, 7) is 12.0. The molecule has 1 aliphatic heterocycles. The summed E-state index contributed by atoms with van der Waals surface area (Å²) in [5, 5.41) is 4.56. The molecule has 1 N–H and O–H groups in total. The van der Waals surface area contributed by atoms with Crippen LogP contribution in [0.4, 0.5) is 0 Å². The zero-order valence-corrected chi connectivity index (χ0v) is 14.0. The zero-order valence-electron chi connectivity index (χ0n) is 14.0. The lowest BCUT2D eigenvalue weighted by Crippen LogP contribution is -2.24. The van der Waals surface area contributed by atoms with E-state index in [2.05, 4.69) is 35.5 Å². The number of rotatable bonds is 5. The van der Waals surface area contributed by atoms with Crippen LogP contribution in [0.3, 0.4) is 0 Å². The van der Waals surface area contributed by atoms with E-state index in [-0.39, 0.29) is 11.8 Å². The predicted octanol–water partition coefficient (Wildman–Crippen LogP) is 2.41. The molecule has 122 valence electrons. The molecular weight excluding hydrogens is 290 g/mol. The number of aryl methyl sites for hydroxylation is 2. The first-order valence-corrected chi connectivity index (χ1v) is 8.03. The minimum absolute atomic E-state index is 0.123. The Morgan fingerprint density at radius 2 is 2.26 bits per heavy atom. The topological polar surface area (TPSA) is 66.8 Å². The summed E-state index contributed by atoms with van der Waals surface area (Å²) in [6.07, 6.45) is 4.12. The van der Waals surface area contributed by atoms with E-state index in [9.17, 15) is 4.79 Å². The van der Waals surface area contributed by atoms with Crippen LogP contribution >= 0.6 is 0 Å². The SMILES string of the molecule is C=CCN1C[C@@H](c2ncc(-c3c(C)nn(CC)c3C)[nH]2)CC1=O. The number of hydrogen-bond donors (Lipinski definition) is 1. The molecule has 1 atom stereocenters. The highest BCUT2D eigenvalue weighted by molar-refractivity contribution is 5.79. The molecule has 6 heteroatoms. The predicted molar refractivity (Wildman–Crippen MR) is 89.1 cm³/mol. The highest BCUT2D eigenvalue weighted by atomic mass is 16.2. The molecule has 1 saturated heterocycles. The highest BCUT2D eigenvalue weighted by Gasteiger charge is 2.31. The number of H-pyrrole nitrogens is 1. The van der Waals surface area contributed by atoms with Crippen molar-refractivity contribution in [3.8, 4) is 11.3 Å². The molecule has 3 rings (SSSR count). The second-order valence-corrected chi connectivity index (χ2v) is 6.03. The van der Waals surface area contributed by atoms with E-state index in [0.717, 1.165) is 35.0 Å². The van der Waals surface area contributed by atoms with Crippen molar-refractivity contribution in [1.82, 2.24) is 24.6 Å². The van der Waals surface area contributed by atoms with Gasteiger partial charge in [-0.2, -0.15) is 5.10 Å². The molecule has 23 heavy (non-hydrogen) atoms. The van der Waals surface area contributed by atoms with Crippen LogP contribution in [-0.2, 0) is 11.3 Å². The standard InChI is InChI=1S/C17H23N5O/c1-5-7-21-10-13(8-15(21)23)17-18-9-14(19-17)16-11(3)20-22(6-2)12(16)4/h5,9,13H,1,6-8,10H2,2-4H3,(H,18,19)/t13-/m0/s1. The number of carbonyl (C=O) groups excluding carboxylic acids is 1. The number of amides is 1. The van der Waals surface area contributed by atoms with Crippen molar-refractivity contribution < 1.29 is 4.79 Å². The number of aromatic nitrogens is 4. The van der Waals surface area contributed by atoms with Gasteiger partial charge in [-0.05, 0) is 20.8 Å². The van der Waals surface area contributed by atoms with Crippen molar-refractivity contribution in [2.75, 3.05) is 13.1 Å². The molecule has 0 aliphatic carbocycles. The molecule has 1 aliphatic rings. The fourth-order valence-electron chi connectivity index (χ4n) is 3.35. The molecule has 0 bridgehead atoms. The monoisotopic (exact) mass is 313 g/mol. The molecule has 0 spiro atoms. The van der Waals surface area contributed by atoms with Gasteiger partial charge < -0.3 is 9.88 Å². The lowest BCUT2D eigenvalue weighted by Gasteiger charge is -2.12. The lowest BCUT2D eigenvalue weighted by molar-refractivity contribution is -0.127. The van der Waals surface area contributed by atoms with Crippen LogP contribution in [0.5, 0.6) is 0 Å². The third kappa shape index (κ3) is 2.69. The van der Waals surface area contributed by atoms with E-state index < -0.39 is 0 Å². The van der Waals surface area contributed by atoms with Crippen molar-refractivity contribution in [3.63, 3.8) is 0 Å². The molecule has 2 aromatic rings. The normalized spacial score (nSPS) is 18.0. The Bertz CT molecular complexity index is 742. The number of hydrogen-bond acceptors (Lipinski definition) is 3. The van der Waals surface area contributed by atoms with E-state index in [1.165, 1.54) is 0 Å². The van der Waals surface area contributed by atoms with Gasteiger partial charge in [-0.3, -0.25) is 9.48 Å². The minimum Gasteiger partial charge on any atom is -0.342 e. The van der Waals surface area contributed by atoms with Crippen LogP contribution in [-0.4, -0.2) is 43.6 Å². The van der Waals surface area contributed by atoms with Gasteiger partial charge in [0.05, 0.1) is 17.6 Å². The van der Waals surface area contributed by atoms with Gasteiger partial charge in [0.25, 0.3) is 0 Å². The minimum atomic E-state index is 0.123. The van der Waals surface area contributed by atoms with Gasteiger partial charge in [-0.1, -0.05) is 6.08 Å². The average molecular weight is 313 g/mol. The van der Waals surface area contributed by atoms with Crippen molar-refractivity contribution >= 4 is 5.91 Å². The molecule has 6 nitrogen and oxygen atoms in total. The largest absolute Gasteiger partial charge is 0.342 e. The summed E-state index contributed by atoms with van der Waals surface area (Å²) < 4.78 is 2.00. The summed E-state index contributed by atoms with van der Waals surface area (Å²) in [5.74, 6) is 1.17. The second-order valence-electron chi connectivity index (χ2n) is 6.03. The molecule has 0 unspecified atom stereocenters. The molecule has 1 amide bonds. The summed E-state index contributed by atoms with van der Waals surface area (Å²) >= 11 is 0. The molecule has 0 aromatic carbocycles. The fraction of sp³-hybridized carbons (Fsp3) is 0.471. The first-order valence-electron chi connectivity index (χ1n) is 8.03. The maximum absolute atomic E-state index is 12.0. The molecule has 3 heterocycles. The number of imidazole rings is 1. The summed E-state index contributed by atoms with van der Waals surface area (Å²) in [5.41, 5.74) is 4.22. The Morgan fingerprint density at radius 1 is 1.48 bits per heavy atom. The first kappa shape index (κ1) is 15.5. The maximum Gasteiger partial charge on any atom is 0.223 e. The Balaban J connectivity index is 1.86. The lowest BCUT2D eigenvalue weighted by atomic mass is 10.1. The summed E-state index contributed by atoms with van der Waals surface area (Å²) in [4.78, 5) is 21.8. The van der Waals surface area contributed by atoms with E-state index in [0.29, 0.717) is 19.5 Å². The maximum atomic E-state index is 12.0. The van der Waals surface area contributed by atoms with Crippen LogP contribution in [0.2, 0.25) is 0 Å². The highest BCUT2D eigenvalue weighted by Crippen LogP contribution is 2.30. The van der Waals surface area contributed by atoms with Crippen molar-refractivity contribution in [2.45, 2.75) is 39.7 Å². The van der Waals surface area contributed by atoms with Crippen molar-refractivity contribution in [1.29, 1.82) is 0 Å². The second kappa shape index (κ2) is 6.02. The number of aromatic amines is 1. The van der Waals surface area contributed by atoms with Crippen LogP contribution in [0.15, 0.2) is 18.9 Å². The van der Waals surface area contributed by atoms with Gasteiger partial charge in [-0.15, -0.1) is 6.58 Å². The molecular formula is C17H23N5O. The van der Waals surface area contributed by atoms with Gasteiger partial charge in [0.15, 0.2) is 0 Å². The molecule has 1 fully saturated rings. The zero-order chi connectivity index (χ0) is 16.6. The van der Waals surface area contributed by atoms with E-state index in [1.807, 2.05) is 22.7 Å². The number of carbonyl (C=O) groups is 1. The number of nitrogens with zero attached hydrogens (tertiary/aromatic N) is 4. The van der Waals surface area contributed by atoms with Gasteiger partial charge >= 0.3 is 0 Å². The average Bonchev–Trinajstić information content (AvgIpc) is 3.19.